The Balaban J connectivity index is 2.25. The Morgan fingerprint density at radius 1 is 1.25 bits per heavy atom. The molecule has 0 saturated heterocycles. The first-order valence-electron chi connectivity index (χ1n) is 7.08. The fourth-order valence-electron chi connectivity index (χ4n) is 1.97. The van der Waals surface area contributed by atoms with Gasteiger partial charge in [0.15, 0.2) is 0 Å². The highest BCUT2D eigenvalue weighted by Gasteiger charge is 2.13. The largest absolute Gasteiger partial charge is 0.508 e. The molecule has 4 heteroatoms. The van der Waals surface area contributed by atoms with Gasteiger partial charge in [-0.2, -0.15) is 0 Å². The number of benzene rings is 1. The number of hydrogen-bond acceptors (Lipinski definition) is 3. The number of phenols is 1. The number of phenolic OH excluding ortho intramolecular Hbond substituents is 1. The van der Waals surface area contributed by atoms with Crippen LogP contribution in [0.4, 0.5) is 0 Å². The molecule has 1 rings (SSSR count). The smallest absolute Gasteiger partial charge is 0.221 e. The Morgan fingerprint density at radius 3 is 2.40 bits per heavy atom. The van der Waals surface area contributed by atoms with E-state index in [1.54, 1.807) is 12.1 Å². The van der Waals surface area contributed by atoms with Gasteiger partial charge in [-0.05, 0) is 51.8 Å². The van der Waals surface area contributed by atoms with E-state index in [1.807, 2.05) is 32.9 Å². The van der Waals surface area contributed by atoms with E-state index >= 15 is 0 Å². The van der Waals surface area contributed by atoms with E-state index in [9.17, 15) is 9.90 Å². The van der Waals surface area contributed by atoms with E-state index in [-0.39, 0.29) is 17.2 Å². The van der Waals surface area contributed by atoms with E-state index < -0.39 is 0 Å². The predicted octanol–water partition coefficient (Wildman–Crippen LogP) is 2.22. The molecule has 112 valence electrons. The summed E-state index contributed by atoms with van der Waals surface area (Å²) in [4.78, 5) is 11.7. The predicted molar refractivity (Wildman–Crippen MR) is 81.8 cm³/mol. The molecule has 0 aliphatic rings. The maximum absolute atomic E-state index is 11.7. The molecule has 0 aromatic heterocycles. The highest BCUT2D eigenvalue weighted by Crippen LogP contribution is 2.11. The molecule has 0 spiro atoms. The monoisotopic (exact) mass is 278 g/mol. The summed E-state index contributed by atoms with van der Waals surface area (Å²) in [5.74, 6) is 0.357. The van der Waals surface area contributed by atoms with Crippen LogP contribution in [0, 0.1) is 0 Å². The number of carbonyl (C=O) groups excluding carboxylic acids is 1. The highest BCUT2D eigenvalue weighted by molar-refractivity contribution is 5.76. The van der Waals surface area contributed by atoms with Crippen LogP contribution in [-0.2, 0) is 11.2 Å². The third-order valence-corrected chi connectivity index (χ3v) is 2.84. The van der Waals surface area contributed by atoms with E-state index in [4.69, 9.17) is 0 Å². The minimum Gasteiger partial charge on any atom is -0.508 e. The number of rotatable bonds is 6. The van der Waals surface area contributed by atoms with Gasteiger partial charge in [0.05, 0.1) is 0 Å². The Bertz CT molecular complexity index is 421. The van der Waals surface area contributed by atoms with Crippen molar-refractivity contribution in [1.82, 2.24) is 10.6 Å². The first kappa shape index (κ1) is 16.5. The first-order chi connectivity index (χ1) is 9.26. The number of hydrogen-bond donors (Lipinski definition) is 3. The molecule has 1 aromatic carbocycles. The van der Waals surface area contributed by atoms with Gasteiger partial charge in [-0.25, -0.2) is 0 Å². The van der Waals surface area contributed by atoms with Crippen LogP contribution in [0.25, 0.3) is 0 Å². The fourth-order valence-corrected chi connectivity index (χ4v) is 1.97. The van der Waals surface area contributed by atoms with E-state index in [0.29, 0.717) is 19.0 Å². The molecule has 0 radical (unpaired) electrons. The summed E-state index contributed by atoms with van der Waals surface area (Å²) in [6.07, 6.45) is 1.36. The number of carbonyl (C=O) groups is 1. The lowest BCUT2D eigenvalue weighted by Gasteiger charge is -2.21. The molecule has 1 amide bonds. The van der Waals surface area contributed by atoms with Gasteiger partial charge in [-0.3, -0.25) is 4.79 Å². The molecule has 0 aliphatic carbocycles. The molecule has 0 aliphatic heterocycles. The second kappa shape index (κ2) is 7.29. The minimum absolute atomic E-state index is 0.0711. The van der Waals surface area contributed by atoms with Crippen LogP contribution in [0.3, 0.4) is 0 Å². The fraction of sp³-hybridized carbons (Fsp3) is 0.562. The lowest BCUT2D eigenvalue weighted by Crippen LogP contribution is -2.42. The van der Waals surface area contributed by atoms with Crippen molar-refractivity contribution < 1.29 is 9.90 Å². The highest BCUT2D eigenvalue weighted by atomic mass is 16.3. The van der Waals surface area contributed by atoms with E-state index in [0.717, 1.165) is 6.42 Å². The zero-order valence-corrected chi connectivity index (χ0v) is 12.9. The van der Waals surface area contributed by atoms with Crippen molar-refractivity contribution in [3.8, 4) is 5.75 Å². The van der Waals surface area contributed by atoms with Gasteiger partial charge in [-0.1, -0.05) is 12.1 Å². The molecule has 20 heavy (non-hydrogen) atoms. The van der Waals surface area contributed by atoms with Crippen molar-refractivity contribution in [2.24, 2.45) is 0 Å². The van der Waals surface area contributed by atoms with Gasteiger partial charge in [0, 0.05) is 24.5 Å². The van der Waals surface area contributed by atoms with Gasteiger partial charge < -0.3 is 15.7 Å². The SMILES string of the molecule is CC(Cc1ccc(O)cc1)NCCC(=O)NC(C)(C)C. The summed E-state index contributed by atoms with van der Waals surface area (Å²) in [6.45, 7) is 8.69. The van der Waals surface area contributed by atoms with Crippen LogP contribution in [0.1, 0.15) is 39.7 Å². The van der Waals surface area contributed by atoms with Crippen LogP contribution in [0.2, 0.25) is 0 Å². The van der Waals surface area contributed by atoms with Crippen molar-refractivity contribution in [3.05, 3.63) is 29.8 Å². The third kappa shape index (κ3) is 7.14. The maximum atomic E-state index is 11.7. The van der Waals surface area contributed by atoms with E-state index in [1.165, 1.54) is 5.56 Å². The molecule has 0 heterocycles. The zero-order valence-electron chi connectivity index (χ0n) is 12.9. The molecular weight excluding hydrogens is 252 g/mol. The molecule has 1 unspecified atom stereocenters. The summed E-state index contributed by atoms with van der Waals surface area (Å²) in [5, 5.41) is 15.5. The van der Waals surface area contributed by atoms with Crippen LogP contribution in [-0.4, -0.2) is 29.1 Å². The molecule has 0 bridgehead atoms. The average Bonchev–Trinajstić information content (AvgIpc) is 2.29. The topological polar surface area (TPSA) is 61.4 Å². The standard InChI is InChI=1S/C16H26N2O2/c1-12(11-13-5-7-14(19)8-6-13)17-10-9-15(20)18-16(2,3)4/h5-8,12,17,19H,9-11H2,1-4H3,(H,18,20). The summed E-state index contributed by atoms with van der Waals surface area (Å²) in [6, 6.07) is 7.51. The maximum Gasteiger partial charge on any atom is 0.221 e. The van der Waals surface area contributed by atoms with Crippen molar-refractivity contribution >= 4 is 5.91 Å². The second-order valence-corrected chi connectivity index (χ2v) is 6.27. The van der Waals surface area contributed by atoms with Crippen LogP contribution >= 0.6 is 0 Å². The van der Waals surface area contributed by atoms with Crippen molar-refractivity contribution in [3.63, 3.8) is 0 Å². The summed E-state index contributed by atoms with van der Waals surface area (Å²) < 4.78 is 0. The molecule has 4 nitrogen and oxygen atoms in total. The average molecular weight is 278 g/mol. The first-order valence-corrected chi connectivity index (χ1v) is 7.08. The Kier molecular flexibility index (Phi) is 6.02. The van der Waals surface area contributed by atoms with E-state index in [2.05, 4.69) is 17.6 Å². The Labute approximate surface area is 121 Å². The van der Waals surface area contributed by atoms with Crippen LogP contribution in [0.5, 0.6) is 5.75 Å². The minimum atomic E-state index is -0.172. The van der Waals surface area contributed by atoms with Gasteiger partial charge in [0.2, 0.25) is 5.91 Å². The van der Waals surface area contributed by atoms with Gasteiger partial charge in [0.1, 0.15) is 5.75 Å². The van der Waals surface area contributed by atoms with Crippen LogP contribution in [0.15, 0.2) is 24.3 Å². The van der Waals surface area contributed by atoms with Crippen molar-refractivity contribution in [2.75, 3.05) is 6.54 Å². The molecule has 0 fully saturated rings. The quantitative estimate of drug-likeness (QED) is 0.747. The molecule has 0 saturated carbocycles. The second-order valence-electron chi connectivity index (χ2n) is 6.27. The summed E-state index contributed by atoms with van der Waals surface area (Å²) in [7, 11) is 0. The Hall–Kier alpha value is -1.55. The Morgan fingerprint density at radius 2 is 1.85 bits per heavy atom. The summed E-state index contributed by atoms with van der Waals surface area (Å²) >= 11 is 0. The van der Waals surface area contributed by atoms with Crippen molar-refractivity contribution in [1.29, 1.82) is 0 Å². The number of amides is 1. The van der Waals surface area contributed by atoms with Crippen molar-refractivity contribution in [2.45, 2.75) is 52.1 Å². The molecule has 1 atom stereocenters. The zero-order chi connectivity index (χ0) is 15.2. The summed E-state index contributed by atoms with van der Waals surface area (Å²) in [5.41, 5.74) is 0.997. The lowest BCUT2D eigenvalue weighted by atomic mass is 10.1. The van der Waals surface area contributed by atoms with Gasteiger partial charge >= 0.3 is 0 Å². The third-order valence-electron chi connectivity index (χ3n) is 2.84. The molecule has 1 aromatic rings. The molecular formula is C16H26N2O2. The number of nitrogens with one attached hydrogen (secondary N) is 2. The normalized spacial score (nSPS) is 13.0. The molecule has 3 N–H and O–H groups in total. The van der Waals surface area contributed by atoms with Gasteiger partial charge in [0.25, 0.3) is 0 Å². The van der Waals surface area contributed by atoms with Crippen LogP contribution < -0.4 is 10.6 Å². The van der Waals surface area contributed by atoms with Gasteiger partial charge in [-0.15, -0.1) is 0 Å². The lowest BCUT2D eigenvalue weighted by molar-refractivity contribution is -0.122. The number of aromatic hydroxyl groups is 1.